The van der Waals surface area contributed by atoms with Crippen LogP contribution in [0.4, 0.5) is 10.1 Å². The fraction of sp³-hybridized carbons (Fsp3) is 0.409. The van der Waals surface area contributed by atoms with Crippen molar-refractivity contribution in [2.45, 2.75) is 12.8 Å². The quantitative estimate of drug-likeness (QED) is 0.712. The Kier molecular flexibility index (Phi) is 6.80. The smallest absolute Gasteiger partial charge is 0.223 e. The fourth-order valence-electron chi connectivity index (χ4n) is 3.56. The van der Waals surface area contributed by atoms with Crippen molar-refractivity contribution in [3.05, 3.63) is 47.8 Å². The standard InChI is InChI=1S/C22H27FN2O4/c1-27-19-14-16(15-20(28-2)22(19)29-3)4-9-21(26)25-12-10-24(11-13-25)18-7-5-17(23)6-8-18/h5-8,14-15H,4,9-13H2,1-3H3. The third-order valence-electron chi connectivity index (χ3n) is 5.18. The number of amides is 1. The average Bonchev–Trinajstić information content (AvgIpc) is 2.77. The summed E-state index contributed by atoms with van der Waals surface area (Å²) in [5.41, 5.74) is 1.94. The van der Waals surface area contributed by atoms with Crippen LogP contribution < -0.4 is 19.1 Å². The second-order valence-corrected chi connectivity index (χ2v) is 6.88. The van der Waals surface area contributed by atoms with E-state index in [9.17, 15) is 9.18 Å². The fourth-order valence-corrected chi connectivity index (χ4v) is 3.56. The molecule has 1 aliphatic rings. The van der Waals surface area contributed by atoms with Gasteiger partial charge < -0.3 is 24.0 Å². The van der Waals surface area contributed by atoms with Gasteiger partial charge in [-0.05, 0) is 48.4 Å². The number of benzene rings is 2. The zero-order valence-electron chi connectivity index (χ0n) is 17.1. The molecule has 0 unspecified atom stereocenters. The second kappa shape index (κ2) is 9.49. The van der Waals surface area contributed by atoms with Crippen LogP contribution in [0.25, 0.3) is 0 Å². The van der Waals surface area contributed by atoms with E-state index >= 15 is 0 Å². The normalized spacial score (nSPS) is 13.9. The van der Waals surface area contributed by atoms with Gasteiger partial charge in [-0.25, -0.2) is 4.39 Å². The van der Waals surface area contributed by atoms with E-state index in [0.29, 0.717) is 43.2 Å². The van der Waals surface area contributed by atoms with E-state index in [2.05, 4.69) is 4.90 Å². The molecule has 1 fully saturated rings. The number of hydrogen-bond donors (Lipinski definition) is 0. The van der Waals surface area contributed by atoms with Gasteiger partial charge in [0.15, 0.2) is 11.5 Å². The lowest BCUT2D eigenvalue weighted by molar-refractivity contribution is -0.131. The number of methoxy groups -OCH3 is 3. The van der Waals surface area contributed by atoms with Crippen molar-refractivity contribution in [1.82, 2.24) is 4.90 Å². The number of hydrogen-bond acceptors (Lipinski definition) is 5. The van der Waals surface area contributed by atoms with Crippen LogP contribution in [0, 0.1) is 5.82 Å². The molecule has 1 saturated heterocycles. The first-order valence-electron chi connectivity index (χ1n) is 9.63. The predicted molar refractivity (Wildman–Crippen MR) is 110 cm³/mol. The molecule has 0 radical (unpaired) electrons. The van der Waals surface area contributed by atoms with Crippen molar-refractivity contribution in [3.8, 4) is 17.2 Å². The summed E-state index contributed by atoms with van der Waals surface area (Å²) in [5.74, 6) is 1.60. The van der Waals surface area contributed by atoms with Crippen molar-refractivity contribution in [2.24, 2.45) is 0 Å². The molecule has 2 aromatic rings. The number of ether oxygens (including phenoxy) is 3. The Morgan fingerprint density at radius 3 is 2.03 bits per heavy atom. The molecule has 3 rings (SSSR count). The van der Waals surface area contributed by atoms with Crippen LogP contribution in [0.15, 0.2) is 36.4 Å². The maximum Gasteiger partial charge on any atom is 0.223 e. The highest BCUT2D eigenvalue weighted by atomic mass is 19.1. The van der Waals surface area contributed by atoms with Crippen LogP contribution in [-0.2, 0) is 11.2 Å². The molecule has 156 valence electrons. The van der Waals surface area contributed by atoms with Crippen molar-refractivity contribution >= 4 is 11.6 Å². The van der Waals surface area contributed by atoms with Gasteiger partial charge in [-0.1, -0.05) is 0 Å². The molecule has 2 aromatic carbocycles. The summed E-state index contributed by atoms with van der Waals surface area (Å²) in [4.78, 5) is 16.7. The Bertz CT molecular complexity index is 808. The zero-order valence-corrected chi connectivity index (χ0v) is 17.1. The van der Waals surface area contributed by atoms with Gasteiger partial charge in [0.25, 0.3) is 0 Å². The summed E-state index contributed by atoms with van der Waals surface area (Å²) in [6.07, 6.45) is 1.00. The van der Waals surface area contributed by atoms with E-state index in [0.717, 1.165) is 24.3 Å². The second-order valence-electron chi connectivity index (χ2n) is 6.88. The molecule has 0 N–H and O–H groups in total. The molecule has 6 nitrogen and oxygen atoms in total. The van der Waals surface area contributed by atoms with Crippen LogP contribution in [0.3, 0.4) is 0 Å². The van der Waals surface area contributed by atoms with Gasteiger partial charge >= 0.3 is 0 Å². The molecule has 0 aromatic heterocycles. The van der Waals surface area contributed by atoms with E-state index in [1.807, 2.05) is 17.0 Å². The molecular formula is C22H27FN2O4. The SMILES string of the molecule is COc1cc(CCC(=O)N2CCN(c3ccc(F)cc3)CC2)cc(OC)c1OC. The topological polar surface area (TPSA) is 51.2 Å². The molecule has 1 aliphatic heterocycles. The van der Waals surface area contributed by atoms with Gasteiger partial charge in [0.1, 0.15) is 5.82 Å². The summed E-state index contributed by atoms with van der Waals surface area (Å²) >= 11 is 0. The average molecular weight is 402 g/mol. The summed E-state index contributed by atoms with van der Waals surface area (Å²) in [7, 11) is 4.72. The van der Waals surface area contributed by atoms with Crippen LogP contribution in [0.2, 0.25) is 0 Å². The Hall–Kier alpha value is -2.96. The van der Waals surface area contributed by atoms with E-state index in [-0.39, 0.29) is 11.7 Å². The Morgan fingerprint density at radius 1 is 0.931 bits per heavy atom. The summed E-state index contributed by atoms with van der Waals surface area (Å²) in [6.45, 7) is 2.79. The molecule has 7 heteroatoms. The minimum Gasteiger partial charge on any atom is -0.493 e. The van der Waals surface area contributed by atoms with Crippen LogP contribution in [0.1, 0.15) is 12.0 Å². The third kappa shape index (κ3) is 4.91. The lowest BCUT2D eigenvalue weighted by Crippen LogP contribution is -2.48. The Balaban J connectivity index is 1.56. The van der Waals surface area contributed by atoms with Gasteiger partial charge in [0.05, 0.1) is 21.3 Å². The number of carbonyl (C=O) groups excluding carboxylic acids is 1. The van der Waals surface area contributed by atoms with Gasteiger partial charge in [-0.3, -0.25) is 4.79 Å². The molecule has 0 saturated carbocycles. The van der Waals surface area contributed by atoms with Crippen molar-refractivity contribution in [3.63, 3.8) is 0 Å². The Labute approximate surface area is 170 Å². The van der Waals surface area contributed by atoms with E-state index in [1.54, 1.807) is 33.5 Å². The lowest BCUT2D eigenvalue weighted by atomic mass is 10.1. The van der Waals surface area contributed by atoms with Crippen molar-refractivity contribution in [2.75, 3.05) is 52.4 Å². The number of rotatable bonds is 7. The van der Waals surface area contributed by atoms with Gasteiger partial charge in [0, 0.05) is 38.3 Å². The summed E-state index contributed by atoms with van der Waals surface area (Å²) in [6, 6.07) is 10.2. The van der Waals surface area contributed by atoms with Gasteiger partial charge in [-0.2, -0.15) is 0 Å². The highest BCUT2D eigenvalue weighted by Crippen LogP contribution is 2.38. The maximum atomic E-state index is 13.1. The summed E-state index contributed by atoms with van der Waals surface area (Å²) in [5, 5.41) is 0. The first-order chi connectivity index (χ1) is 14.0. The van der Waals surface area contributed by atoms with Crippen LogP contribution in [-0.4, -0.2) is 58.3 Å². The molecule has 0 spiro atoms. The molecule has 1 heterocycles. The molecule has 1 amide bonds. The largest absolute Gasteiger partial charge is 0.493 e. The predicted octanol–water partition coefficient (Wildman–Crippen LogP) is 3.13. The van der Waals surface area contributed by atoms with E-state index < -0.39 is 0 Å². The number of nitrogens with zero attached hydrogens (tertiary/aromatic N) is 2. The Morgan fingerprint density at radius 2 is 1.52 bits per heavy atom. The summed E-state index contributed by atoms with van der Waals surface area (Å²) < 4.78 is 29.2. The van der Waals surface area contributed by atoms with Crippen LogP contribution >= 0.6 is 0 Å². The van der Waals surface area contributed by atoms with Crippen molar-refractivity contribution < 1.29 is 23.4 Å². The van der Waals surface area contributed by atoms with E-state index in [1.165, 1.54) is 12.1 Å². The molecule has 0 aliphatic carbocycles. The maximum absolute atomic E-state index is 13.1. The monoisotopic (exact) mass is 402 g/mol. The number of aryl methyl sites for hydroxylation is 1. The minimum atomic E-state index is -0.241. The lowest BCUT2D eigenvalue weighted by Gasteiger charge is -2.36. The molecular weight excluding hydrogens is 375 g/mol. The van der Waals surface area contributed by atoms with Gasteiger partial charge in [-0.15, -0.1) is 0 Å². The third-order valence-corrected chi connectivity index (χ3v) is 5.18. The first-order valence-corrected chi connectivity index (χ1v) is 9.63. The first kappa shape index (κ1) is 20.8. The van der Waals surface area contributed by atoms with Crippen molar-refractivity contribution in [1.29, 1.82) is 0 Å². The highest BCUT2D eigenvalue weighted by molar-refractivity contribution is 5.77. The molecule has 0 atom stereocenters. The number of carbonyl (C=O) groups is 1. The molecule has 29 heavy (non-hydrogen) atoms. The zero-order chi connectivity index (χ0) is 20.8. The number of piperazine rings is 1. The van der Waals surface area contributed by atoms with Gasteiger partial charge in [0.2, 0.25) is 11.7 Å². The number of anilines is 1. The van der Waals surface area contributed by atoms with E-state index in [4.69, 9.17) is 14.2 Å². The van der Waals surface area contributed by atoms with Crippen LogP contribution in [0.5, 0.6) is 17.2 Å². The minimum absolute atomic E-state index is 0.123. The highest BCUT2D eigenvalue weighted by Gasteiger charge is 2.21. The number of halogens is 1. The molecule has 0 bridgehead atoms.